The maximum atomic E-state index is 3.94. The van der Waals surface area contributed by atoms with Gasteiger partial charge in [0.05, 0.1) is 0 Å². The number of rotatable bonds is 6. The maximum absolute atomic E-state index is 3.94. The van der Waals surface area contributed by atoms with Crippen molar-refractivity contribution in [1.82, 2.24) is 15.1 Å². The zero-order chi connectivity index (χ0) is 10.2. The number of nitrogens with one attached hydrogen (secondary N) is 1. The molecule has 0 atom stereocenters. The molecule has 1 rings (SSSR count). The van der Waals surface area contributed by atoms with E-state index in [0.29, 0.717) is 0 Å². The Hall–Kier alpha value is -1.16. The van der Waals surface area contributed by atoms with Crippen molar-refractivity contribution in [1.29, 1.82) is 0 Å². The van der Waals surface area contributed by atoms with Crippen LogP contribution in [0.1, 0.15) is 12.8 Å². The van der Waals surface area contributed by atoms with Crippen molar-refractivity contribution < 1.29 is 0 Å². The zero-order valence-corrected chi connectivity index (χ0v) is 8.90. The first kappa shape index (κ1) is 10.9. The monoisotopic (exact) mass is 194 g/mol. The van der Waals surface area contributed by atoms with Gasteiger partial charge in [-0.25, -0.2) is 0 Å². The van der Waals surface area contributed by atoms with Gasteiger partial charge in [-0.15, -0.1) is 5.10 Å². The molecule has 1 heterocycles. The molecule has 14 heavy (non-hydrogen) atoms. The van der Waals surface area contributed by atoms with Crippen LogP contribution in [0.3, 0.4) is 0 Å². The predicted octanol–water partition coefficient (Wildman–Crippen LogP) is 1.23. The standard InChI is InChI=1S/C10H18N4/c1-14(2)9-4-3-7-11-10-6-5-8-12-13-10/h5-6,8H,3-4,7,9H2,1-2H3,(H,11,13). The van der Waals surface area contributed by atoms with Gasteiger partial charge in [0.2, 0.25) is 0 Å². The van der Waals surface area contributed by atoms with E-state index in [1.54, 1.807) is 6.20 Å². The predicted molar refractivity (Wildman–Crippen MR) is 58.3 cm³/mol. The number of anilines is 1. The van der Waals surface area contributed by atoms with Crippen LogP contribution in [0.5, 0.6) is 0 Å². The molecule has 0 bridgehead atoms. The molecule has 4 heteroatoms. The lowest BCUT2D eigenvalue weighted by molar-refractivity contribution is 0.396. The Balaban J connectivity index is 2.05. The first-order valence-corrected chi connectivity index (χ1v) is 4.95. The fourth-order valence-corrected chi connectivity index (χ4v) is 1.17. The summed E-state index contributed by atoms with van der Waals surface area (Å²) in [5, 5.41) is 11.0. The second-order valence-electron chi connectivity index (χ2n) is 3.55. The number of nitrogens with zero attached hydrogens (tertiary/aromatic N) is 3. The average Bonchev–Trinajstić information content (AvgIpc) is 2.18. The van der Waals surface area contributed by atoms with Crippen LogP contribution in [0.2, 0.25) is 0 Å². The fourth-order valence-electron chi connectivity index (χ4n) is 1.17. The number of aromatic nitrogens is 2. The first-order chi connectivity index (χ1) is 6.79. The van der Waals surface area contributed by atoms with Crippen molar-refractivity contribution in [2.45, 2.75) is 12.8 Å². The zero-order valence-electron chi connectivity index (χ0n) is 8.90. The van der Waals surface area contributed by atoms with Gasteiger partial charge in [-0.05, 0) is 45.6 Å². The van der Waals surface area contributed by atoms with Gasteiger partial charge in [0, 0.05) is 12.7 Å². The van der Waals surface area contributed by atoms with Gasteiger partial charge in [-0.3, -0.25) is 0 Å². The number of hydrogen-bond donors (Lipinski definition) is 1. The summed E-state index contributed by atoms with van der Waals surface area (Å²) in [4.78, 5) is 2.20. The second-order valence-corrected chi connectivity index (χ2v) is 3.55. The highest BCUT2D eigenvalue weighted by atomic mass is 15.2. The fraction of sp³-hybridized carbons (Fsp3) is 0.600. The summed E-state index contributed by atoms with van der Waals surface area (Å²) >= 11 is 0. The molecular weight excluding hydrogens is 176 g/mol. The Labute approximate surface area is 85.3 Å². The molecule has 0 radical (unpaired) electrons. The molecule has 0 saturated carbocycles. The van der Waals surface area contributed by atoms with Crippen LogP contribution >= 0.6 is 0 Å². The van der Waals surface area contributed by atoms with E-state index in [-0.39, 0.29) is 0 Å². The van der Waals surface area contributed by atoms with Crippen LogP contribution in [0, 0.1) is 0 Å². The van der Waals surface area contributed by atoms with Gasteiger partial charge in [0.1, 0.15) is 5.82 Å². The number of hydrogen-bond acceptors (Lipinski definition) is 4. The summed E-state index contributed by atoms with van der Waals surface area (Å²) in [6.07, 6.45) is 4.05. The summed E-state index contributed by atoms with van der Waals surface area (Å²) in [6.45, 7) is 2.11. The molecule has 0 aliphatic heterocycles. The maximum Gasteiger partial charge on any atom is 0.148 e. The van der Waals surface area contributed by atoms with Gasteiger partial charge in [0.15, 0.2) is 0 Å². The van der Waals surface area contributed by atoms with Gasteiger partial charge in [-0.2, -0.15) is 5.10 Å². The normalized spacial score (nSPS) is 10.5. The van der Waals surface area contributed by atoms with Crippen molar-refractivity contribution in [2.24, 2.45) is 0 Å². The molecule has 1 aromatic rings. The summed E-state index contributed by atoms with van der Waals surface area (Å²) in [5.41, 5.74) is 0. The molecule has 0 amide bonds. The molecule has 78 valence electrons. The van der Waals surface area contributed by atoms with Crippen LogP contribution < -0.4 is 5.32 Å². The topological polar surface area (TPSA) is 41.0 Å². The van der Waals surface area contributed by atoms with Crippen molar-refractivity contribution in [2.75, 3.05) is 32.5 Å². The van der Waals surface area contributed by atoms with E-state index in [1.165, 1.54) is 6.42 Å². The number of unbranched alkanes of at least 4 members (excludes halogenated alkanes) is 1. The van der Waals surface area contributed by atoms with Crippen LogP contribution in [-0.4, -0.2) is 42.3 Å². The third-order valence-electron chi connectivity index (χ3n) is 1.91. The van der Waals surface area contributed by atoms with Crippen molar-refractivity contribution >= 4 is 5.82 Å². The van der Waals surface area contributed by atoms with Gasteiger partial charge < -0.3 is 10.2 Å². The average molecular weight is 194 g/mol. The van der Waals surface area contributed by atoms with Crippen molar-refractivity contribution in [3.05, 3.63) is 18.3 Å². The van der Waals surface area contributed by atoms with E-state index in [9.17, 15) is 0 Å². The van der Waals surface area contributed by atoms with Gasteiger partial charge in [0.25, 0.3) is 0 Å². The Morgan fingerprint density at radius 3 is 2.86 bits per heavy atom. The van der Waals surface area contributed by atoms with Crippen LogP contribution in [0.15, 0.2) is 18.3 Å². The van der Waals surface area contributed by atoms with E-state index in [4.69, 9.17) is 0 Å². The Morgan fingerprint density at radius 2 is 2.21 bits per heavy atom. The molecule has 1 N–H and O–H groups in total. The lowest BCUT2D eigenvalue weighted by Gasteiger charge is -2.09. The lowest BCUT2D eigenvalue weighted by Crippen LogP contribution is -2.14. The van der Waals surface area contributed by atoms with E-state index >= 15 is 0 Å². The van der Waals surface area contributed by atoms with Crippen molar-refractivity contribution in [3.63, 3.8) is 0 Å². The summed E-state index contributed by atoms with van der Waals surface area (Å²) < 4.78 is 0. The Morgan fingerprint density at radius 1 is 1.36 bits per heavy atom. The molecule has 0 aliphatic rings. The first-order valence-electron chi connectivity index (χ1n) is 4.95. The Bertz CT molecular complexity index is 235. The summed E-state index contributed by atoms with van der Waals surface area (Å²) in [5.74, 6) is 0.859. The van der Waals surface area contributed by atoms with E-state index in [0.717, 1.165) is 25.3 Å². The van der Waals surface area contributed by atoms with Crippen LogP contribution in [0.25, 0.3) is 0 Å². The molecule has 0 saturated heterocycles. The smallest absolute Gasteiger partial charge is 0.148 e. The summed E-state index contributed by atoms with van der Waals surface area (Å²) in [6, 6.07) is 3.81. The lowest BCUT2D eigenvalue weighted by atomic mass is 10.3. The molecule has 1 aromatic heterocycles. The molecular formula is C10H18N4. The highest BCUT2D eigenvalue weighted by Crippen LogP contribution is 1.98. The molecule has 0 spiro atoms. The third-order valence-corrected chi connectivity index (χ3v) is 1.91. The largest absolute Gasteiger partial charge is 0.369 e. The minimum absolute atomic E-state index is 0.859. The van der Waals surface area contributed by atoms with E-state index < -0.39 is 0 Å². The van der Waals surface area contributed by atoms with Crippen molar-refractivity contribution in [3.8, 4) is 0 Å². The van der Waals surface area contributed by atoms with Gasteiger partial charge >= 0.3 is 0 Å². The Kier molecular flexibility index (Phi) is 4.93. The third kappa shape index (κ3) is 4.77. The molecule has 0 fully saturated rings. The van der Waals surface area contributed by atoms with Crippen LogP contribution in [-0.2, 0) is 0 Å². The van der Waals surface area contributed by atoms with E-state index in [2.05, 4.69) is 34.5 Å². The second kappa shape index (κ2) is 6.32. The molecule has 0 aliphatic carbocycles. The molecule has 4 nitrogen and oxygen atoms in total. The minimum atomic E-state index is 0.859. The van der Waals surface area contributed by atoms with Crippen LogP contribution in [0.4, 0.5) is 5.82 Å². The van der Waals surface area contributed by atoms with E-state index in [1.807, 2.05) is 12.1 Å². The molecule has 0 aromatic carbocycles. The van der Waals surface area contributed by atoms with Gasteiger partial charge in [-0.1, -0.05) is 0 Å². The highest BCUT2D eigenvalue weighted by Gasteiger charge is 1.93. The summed E-state index contributed by atoms with van der Waals surface area (Å²) in [7, 11) is 4.19. The SMILES string of the molecule is CN(C)CCCCNc1cccnn1. The quantitative estimate of drug-likeness (QED) is 0.692. The minimum Gasteiger partial charge on any atom is -0.369 e. The molecule has 0 unspecified atom stereocenters. The highest BCUT2D eigenvalue weighted by molar-refractivity contribution is 5.30.